The predicted octanol–water partition coefficient (Wildman–Crippen LogP) is 3.26. The molecule has 174 valence electrons. The summed E-state index contributed by atoms with van der Waals surface area (Å²) in [5.74, 6) is 1.41. The molecule has 7 nitrogen and oxygen atoms in total. The molecule has 4 rings (SSSR count). The van der Waals surface area contributed by atoms with Gasteiger partial charge in [-0.15, -0.1) is 0 Å². The van der Waals surface area contributed by atoms with Crippen molar-refractivity contribution in [1.29, 1.82) is 0 Å². The number of rotatable bonds is 7. The Morgan fingerprint density at radius 1 is 1.12 bits per heavy atom. The topological polar surface area (TPSA) is 69.8 Å². The lowest BCUT2D eigenvalue weighted by atomic mass is 9.94. The molecule has 1 aliphatic carbocycles. The van der Waals surface area contributed by atoms with Crippen LogP contribution in [0.15, 0.2) is 23.0 Å². The van der Waals surface area contributed by atoms with Crippen LogP contribution in [-0.4, -0.2) is 66.3 Å². The first-order chi connectivity index (χ1) is 15.5. The van der Waals surface area contributed by atoms with Gasteiger partial charge in [-0.1, -0.05) is 19.3 Å². The summed E-state index contributed by atoms with van der Waals surface area (Å²) < 4.78 is 11.4. The third-order valence-corrected chi connectivity index (χ3v) is 6.64. The van der Waals surface area contributed by atoms with Gasteiger partial charge < -0.3 is 29.6 Å². The number of nitrogens with zero attached hydrogens (tertiary/aromatic N) is 2. The lowest BCUT2D eigenvalue weighted by Crippen LogP contribution is -2.47. The van der Waals surface area contributed by atoms with Gasteiger partial charge in [0.1, 0.15) is 13.2 Å². The highest BCUT2D eigenvalue weighted by Gasteiger charge is 2.24. The van der Waals surface area contributed by atoms with Crippen molar-refractivity contribution >= 4 is 28.2 Å². The molecule has 0 saturated heterocycles. The third-order valence-electron chi connectivity index (χ3n) is 6.26. The second-order valence-corrected chi connectivity index (χ2v) is 9.40. The van der Waals surface area contributed by atoms with E-state index >= 15 is 0 Å². The summed E-state index contributed by atoms with van der Waals surface area (Å²) in [5, 5.41) is 5.12. The molecule has 0 bridgehead atoms. The van der Waals surface area contributed by atoms with Crippen LogP contribution in [0, 0.1) is 0 Å². The van der Waals surface area contributed by atoms with Gasteiger partial charge in [-0.2, -0.15) is 0 Å². The van der Waals surface area contributed by atoms with Crippen molar-refractivity contribution in [3.63, 3.8) is 0 Å². The molecule has 1 aliphatic heterocycles. The number of ether oxygens (including phenoxy) is 2. The van der Waals surface area contributed by atoms with Crippen molar-refractivity contribution in [1.82, 2.24) is 20.1 Å². The summed E-state index contributed by atoms with van der Waals surface area (Å²) in [6.07, 6.45) is 6.95. The van der Waals surface area contributed by atoms with Crippen molar-refractivity contribution in [3.05, 3.63) is 34.1 Å². The lowest BCUT2D eigenvalue weighted by molar-refractivity contribution is 0.172. The summed E-state index contributed by atoms with van der Waals surface area (Å²) >= 11 is 5.81. The van der Waals surface area contributed by atoms with E-state index in [0.717, 1.165) is 59.7 Å². The summed E-state index contributed by atoms with van der Waals surface area (Å²) in [4.78, 5) is 20.4. The average molecular weight is 459 g/mol. The lowest BCUT2D eigenvalue weighted by Gasteiger charge is -2.36. The molecular weight excluding hydrogens is 424 g/mol. The minimum Gasteiger partial charge on any atom is -0.486 e. The molecular formula is C24H34N4O3S. The second kappa shape index (κ2) is 10.5. The zero-order valence-corrected chi connectivity index (χ0v) is 19.9. The zero-order chi connectivity index (χ0) is 22.5. The van der Waals surface area contributed by atoms with Gasteiger partial charge in [0, 0.05) is 29.6 Å². The Morgan fingerprint density at radius 2 is 1.84 bits per heavy atom. The van der Waals surface area contributed by atoms with Gasteiger partial charge >= 0.3 is 0 Å². The van der Waals surface area contributed by atoms with Crippen molar-refractivity contribution < 1.29 is 9.47 Å². The molecule has 0 radical (unpaired) electrons. The molecule has 1 fully saturated rings. The summed E-state index contributed by atoms with van der Waals surface area (Å²) in [5.41, 5.74) is 1.40. The van der Waals surface area contributed by atoms with Gasteiger partial charge in [-0.3, -0.25) is 4.79 Å². The van der Waals surface area contributed by atoms with Crippen LogP contribution in [0.25, 0.3) is 10.9 Å². The van der Waals surface area contributed by atoms with Crippen LogP contribution in [0.2, 0.25) is 0 Å². The van der Waals surface area contributed by atoms with Crippen molar-refractivity contribution in [2.24, 2.45) is 0 Å². The molecule has 0 spiro atoms. The van der Waals surface area contributed by atoms with E-state index in [0.29, 0.717) is 31.5 Å². The third kappa shape index (κ3) is 5.53. The Balaban J connectivity index is 1.55. The van der Waals surface area contributed by atoms with E-state index in [1.54, 1.807) is 0 Å². The Bertz CT molecular complexity index is 1000. The second-order valence-electron chi connectivity index (χ2n) is 9.02. The van der Waals surface area contributed by atoms with E-state index in [9.17, 15) is 4.79 Å². The maximum Gasteiger partial charge on any atom is 0.253 e. The van der Waals surface area contributed by atoms with Crippen molar-refractivity contribution in [2.75, 3.05) is 40.4 Å². The first-order valence-corrected chi connectivity index (χ1v) is 12.1. The number of hydrogen-bond acceptors (Lipinski definition) is 5. The van der Waals surface area contributed by atoms with E-state index in [4.69, 9.17) is 21.7 Å². The fourth-order valence-corrected chi connectivity index (χ4v) is 4.86. The predicted molar refractivity (Wildman–Crippen MR) is 132 cm³/mol. The molecule has 2 heterocycles. The van der Waals surface area contributed by atoms with Crippen LogP contribution in [0.4, 0.5) is 0 Å². The maximum absolute atomic E-state index is 13.0. The first-order valence-electron chi connectivity index (χ1n) is 11.7. The Labute approximate surface area is 195 Å². The number of fused-ring (bicyclic) bond motifs is 2. The normalized spacial score (nSPS) is 16.3. The first kappa shape index (κ1) is 22.9. The largest absolute Gasteiger partial charge is 0.486 e. The fraction of sp³-hybridized carbons (Fsp3) is 0.583. The minimum atomic E-state index is -0.0783. The van der Waals surface area contributed by atoms with E-state index in [1.807, 2.05) is 18.2 Å². The van der Waals surface area contributed by atoms with Gasteiger partial charge in [-0.25, -0.2) is 0 Å². The standard InChI is InChI=1S/C24H34N4O3S/c1-27(2)10-6-9-25-24(32)28(19-7-4-3-5-8-19)16-18-13-17-14-21-22(31-12-11-30-21)15-20(17)26-23(18)29/h13-15,19H,3-12,16H2,1-2H3,(H,25,32)(H,26,29). The van der Waals surface area contributed by atoms with Crippen LogP contribution in [-0.2, 0) is 6.54 Å². The van der Waals surface area contributed by atoms with E-state index in [1.165, 1.54) is 19.3 Å². The summed E-state index contributed by atoms with van der Waals surface area (Å²) in [7, 11) is 4.15. The minimum absolute atomic E-state index is 0.0783. The molecule has 1 saturated carbocycles. The van der Waals surface area contributed by atoms with Gasteiger partial charge in [0.15, 0.2) is 16.6 Å². The number of aromatic nitrogens is 1. The molecule has 1 aromatic carbocycles. The summed E-state index contributed by atoms with van der Waals surface area (Å²) in [6, 6.07) is 6.14. The van der Waals surface area contributed by atoms with E-state index < -0.39 is 0 Å². The molecule has 2 aromatic rings. The van der Waals surface area contributed by atoms with Gasteiger partial charge in [0.25, 0.3) is 5.56 Å². The van der Waals surface area contributed by atoms with Gasteiger partial charge in [0.2, 0.25) is 0 Å². The highest BCUT2D eigenvalue weighted by molar-refractivity contribution is 7.80. The quantitative estimate of drug-likeness (QED) is 0.488. The Kier molecular flexibility index (Phi) is 7.52. The number of H-pyrrole nitrogens is 1. The van der Waals surface area contributed by atoms with Crippen LogP contribution in [0.1, 0.15) is 44.1 Å². The van der Waals surface area contributed by atoms with Gasteiger partial charge in [-0.05, 0) is 64.3 Å². The number of nitrogens with one attached hydrogen (secondary N) is 2. The molecule has 8 heteroatoms. The number of thiocarbonyl (C=S) groups is 1. The smallest absolute Gasteiger partial charge is 0.253 e. The number of hydrogen-bond donors (Lipinski definition) is 2. The van der Waals surface area contributed by atoms with Crippen LogP contribution >= 0.6 is 12.2 Å². The van der Waals surface area contributed by atoms with E-state index in [2.05, 4.69) is 34.2 Å². The Hall–Kier alpha value is -2.32. The average Bonchev–Trinajstić information content (AvgIpc) is 2.79. The molecule has 2 aliphatic rings. The van der Waals surface area contributed by atoms with Gasteiger partial charge in [0.05, 0.1) is 12.1 Å². The highest BCUT2D eigenvalue weighted by atomic mass is 32.1. The zero-order valence-electron chi connectivity index (χ0n) is 19.1. The van der Waals surface area contributed by atoms with Crippen molar-refractivity contribution in [3.8, 4) is 11.5 Å². The SMILES string of the molecule is CN(C)CCCNC(=S)N(Cc1cc2cc3c(cc2[nH]c1=O)OCCO3)C1CCCCC1. The van der Waals surface area contributed by atoms with Crippen LogP contribution < -0.4 is 20.3 Å². The van der Waals surface area contributed by atoms with E-state index in [-0.39, 0.29) is 5.56 Å². The number of pyridine rings is 1. The number of benzene rings is 1. The molecule has 0 atom stereocenters. The fourth-order valence-electron chi connectivity index (χ4n) is 4.54. The summed E-state index contributed by atoms with van der Waals surface area (Å²) in [6.45, 7) is 3.41. The highest BCUT2D eigenvalue weighted by Crippen LogP contribution is 2.34. The van der Waals surface area contributed by atoms with Crippen molar-refractivity contribution in [2.45, 2.75) is 51.1 Å². The van der Waals surface area contributed by atoms with Crippen LogP contribution in [0.3, 0.4) is 0 Å². The molecule has 2 N–H and O–H groups in total. The number of aromatic amines is 1. The molecule has 1 aromatic heterocycles. The Morgan fingerprint density at radius 3 is 2.56 bits per heavy atom. The molecule has 32 heavy (non-hydrogen) atoms. The molecule has 0 amide bonds. The maximum atomic E-state index is 13.0. The molecule has 0 unspecified atom stereocenters. The monoisotopic (exact) mass is 458 g/mol. The van der Waals surface area contributed by atoms with Crippen LogP contribution in [0.5, 0.6) is 11.5 Å².